The number of nitrogens with zero attached hydrogens (tertiary/aromatic N) is 2. The lowest BCUT2D eigenvalue weighted by Crippen LogP contribution is -2.39. The SMILES string of the molecule is CCC(C)(CN)C(=O)Nc1ccc(Sc2ncn[nH]2)cc1. The third-order valence-corrected chi connectivity index (χ3v) is 4.40. The van der Waals surface area contributed by atoms with Crippen LogP contribution in [0, 0.1) is 5.41 Å². The van der Waals surface area contributed by atoms with E-state index < -0.39 is 5.41 Å². The minimum absolute atomic E-state index is 0.0527. The van der Waals surface area contributed by atoms with Crippen LogP contribution in [0.2, 0.25) is 0 Å². The highest BCUT2D eigenvalue weighted by Gasteiger charge is 2.29. The van der Waals surface area contributed by atoms with Gasteiger partial charge >= 0.3 is 0 Å². The molecule has 0 spiro atoms. The summed E-state index contributed by atoms with van der Waals surface area (Å²) in [5.74, 6) is -0.0527. The Labute approximate surface area is 127 Å². The fourth-order valence-corrected chi connectivity index (χ4v) is 2.33. The van der Waals surface area contributed by atoms with Gasteiger partial charge in [-0.15, -0.1) is 0 Å². The summed E-state index contributed by atoms with van der Waals surface area (Å²) in [6.45, 7) is 4.16. The van der Waals surface area contributed by atoms with E-state index in [9.17, 15) is 4.79 Å². The number of nitrogens with two attached hydrogens (primary N) is 1. The molecule has 2 aromatic rings. The zero-order chi connectivity index (χ0) is 15.3. The molecular formula is C14H19N5OS. The van der Waals surface area contributed by atoms with Gasteiger partial charge in [-0.2, -0.15) is 5.10 Å². The maximum absolute atomic E-state index is 12.2. The molecule has 21 heavy (non-hydrogen) atoms. The average Bonchev–Trinajstić information content (AvgIpc) is 3.01. The number of H-pyrrole nitrogens is 1. The van der Waals surface area contributed by atoms with Gasteiger partial charge in [0.1, 0.15) is 6.33 Å². The Morgan fingerprint density at radius 2 is 2.14 bits per heavy atom. The first-order chi connectivity index (χ1) is 10.1. The summed E-state index contributed by atoms with van der Waals surface area (Å²) in [5.41, 5.74) is 5.92. The Morgan fingerprint density at radius 3 is 2.67 bits per heavy atom. The zero-order valence-corrected chi connectivity index (χ0v) is 12.9. The van der Waals surface area contributed by atoms with E-state index >= 15 is 0 Å². The van der Waals surface area contributed by atoms with E-state index in [2.05, 4.69) is 20.5 Å². The van der Waals surface area contributed by atoms with Crippen molar-refractivity contribution in [3.05, 3.63) is 30.6 Å². The lowest BCUT2D eigenvalue weighted by Gasteiger charge is -2.24. The summed E-state index contributed by atoms with van der Waals surface area (Å²) in [6.07, 6.45) is 2.17. The van der Waals surface area contributed by atoms with Crippen LogP contribution in [0.5, 0.6) is 0 Å². The maximum atomic E-state index is 12.2. The van der Waals surface area contributed by atoms with E-state index in [-0.39, 0.29) is 5.91 Å². The van der Waals surface area contributed by atoms with Crippen molar-refractivity contribution in [3.8, 4) is 0 Å². The molecule has 0 radical (unpaired) electrons. The molecule has 112 valence electrons. The van der Waals surface area contributed by atoms with Gasteiger partial charge in [-0.3, -0.25) is 9.89 Å². The first-order valence-corrected chi connectivity index (χ1v) is 7.54. The number of aromatic nitrogens is 3. The largest absolute Gasteiger partial charge is 0.329 e. The third-order valence-electron chi connectivity index (χ3n) is 3.50. The summed E-state index contributed by atoms with van der Waals surface area (Å²) in [6, 6.07) is 7.58. The van der Waals surface area contributed by atoms with Crippen molar-refractivity contribution in [3.63, 3.8) is 0 Å². The lowest BCUT2D eigenvalue weighted by molar-refractivity contribution is -0.124. The highest BCUT2D eigenvalue weighted by atomic mass is 32.2. The Balaban J connectivity index is 2.01. The van der Waals surface area contributed by atoms with Crippen LogP contribution in [-0.2, 0) is 4.79 Å². The van der Waals surface area contributed by atoms with E-state index in [1.165, 1.54) is 18.1 Å². The van der Waals surface area contributed by atoms with Crippen LogP contribution in [0.4, 0.5) is 5.69 Å². The highest BCUT2D eigenvalue weighted by molar-refractivity contribution is 7.99. The van der Waals surface area contributed by atoms with Gasteiger partial charge in [0, 0.05) is 17.1 Å². The summed E-state index contributed by atoms with van der Waals surface area (Å²) in [5, 5.41) is 10.2. The minimum atomic E-state index is -0.534. The molecule has 0 aliphatic rings. The Hall–Kier alpha value is -1.86. The summed E-state index contributed by atoms with van der Waals surface area (Å²) in [7, 11) is 0. The summed E-state index contributed by atoms with van der Waals surface area (Å²) >= 11 is 1.47. The zero-order valence-electron chi connectivity index (χ0n) is 12.1. The molecule has 2 rings (SSSR count). The van der Waals surface area contributed by atoms with Crippen molar-refractivity contribution >= 4 is 23.4 Å². The van der Waals surface area contributed by atoms with E-state index in [1.807, 2.05) is 38.1 Å². The molecule has 1 aromatic heterocycles. The van der Waals surface area contributed by atoms with Gasteiger partial charge in [-0.05, 0) is 37.6 Å². The van der Waals surface area contributed by atoms with Crippen LogP contribution in [0.25, 0.3) is 0 Å². The molecule has 6 nitrogen and oxygen atoms in total. The van der Waals surface area contributed by atoms with Gasteiger partial charge in [0.15, 0.2) is 5.16 Å². The van der Waals surface area contributed by atoms with E-state index in [4.69, 9.17) is 5.73 Å². The highest BCUT2D eigenvalue weighted by Crippen LogP contribution is 2.26. The van der Waals surface area contributed by atoms with Crippen molar-refractivity contribution in [2.75, 3.05) is 11.9 Å². The standard InChI is InChI=1S/C14H19N5OS/c1-3-14(2,8-15)12(20)18-10-4-6-11(7-5-10)21-13-16-9-17-19-13/h4-7,9H,3,8,15H2,1-2H3,(H,18,20)(H,16,17,19). The molecule has 1 unspecified atom stereocenters. The van der Waals surface area contributed by atoms with Gasteiger partial charge in [0.25, 0.3) is 0 Å². The smallest absolute Gasteiger partial charge is 0.231 e. The summed E-state index contributed by atoms with van der Waals surface area (Å²) < 4.78 is 0. The van der Waals surface area contributed by atoms with Crippen LogP contribution < -0.4 is 11.1 Å². The van der Waals surface area contributed by atoms with E-state index in [1.54, 1.807) is 0 Å². The predicted octanol–water partition coefficient (Wildman–Crippen LogP) is 2.27. The van der Waals surface area contributed by atoms with Crippen molar-refractivity contribution in [1.29, 1.82) is 0 Å². The van der Waals surface area contributed by atoms with Gasteiger partial charge < -0.3 is 11.1 Å². The molecule has 0 saturated carbocycles. The molecule has 1 amide bonds. The average molecular weight is 305 g/mol. The molecule has 4 N–H and O–H groups in total. The van der Waals surface area contributed by atoms with E-state index in [0.717, 1.165) is 15.7 Å². The predicted molar refractivity (Wildman–Crippen MR) is 83.0 cm³/mol. The number of amides is 1. The van der Waals surface area contributed by atoms with Crippen molar-refractivity contribution in [2.24, 2.45) is 11.1 Å². The fourth-order valence-electron chi connectivity index (χ4n) is 1.64. The molecule has 0 aliphatic heterocycles. The second-order valence-electron chi connectivity index (χ2n) is 4.99. The van der Waals surface area contributed by atoms with Gasteiger partial charge in [0.05, 0.1) is 5.41 Å². The third kappa shape index (κ3) is 3.83. The molecule has 1 aromatic carbocycles. The Kier molecular flexibility index (Phi) is 4.98. The lowest BCUT2D eigenvalue weighted by atomic mass is 9.86. The van der Waals surface area contributed by atoms with Crippen LogP contribution in [-0.4, -0.2) is 27.6 Å². The number of nitrogens with one attached hydrogen (secondary N) is 2. The molecule has 1 heterocycles. The quantitative estimate of drug-likeness (QED) is 0.760. The van der Waals surface area contributed by atoms with Crippen LogP contribution in [0.15, 0.2) is 40.6 Å². The normalized spacial score (nSPS) is 13.7. The van der Waals surface area contributed by atoms with Crippen molar-refractivity contribution in [1.82, 2.24) is 15.2 Å². The number of benzene rings is 1. The molecule has 0 saturated heterocycles. The van der Waals surface area contributed by atoms with Crippen molar-refractivity contribution in [2.45, 2.75) is 30.3 Å². The summed E-state index contributed by atoms with van der Waals surface area (Å²) in [4.78, 5) is 17.3. The monoisotopic (exact) mass is 305 g/mol. The topological polar surface area (TPSA) is 96.7 Å². The fraction of sp³-hybridized carbons (Fsp3) is 0.357. The first-order valence-electron chi connectivity index (χ1n) is 6.72. The molecule has 0 bridgehead atoms. The van der Waals surface area contributed by atoms with Gasteiger partial charge in [-0.25, -0.2) is 4.98 Å². The number of rotatable bonds is 6. The Bertz CT molecular complexity index is 578. The number of hydrogen-bond donors (Lipinski definition) is 3. The number of hydrogen-bond acceptors (Lipinski definition) is 5. The van der Waals surface area contributed by atoms with Gasteiger partial charge in [0.2, 0.25) is 5.91 Å². The molecule has 7 heteroatoms. The number of carbonyl (C=O) groups is 1. The number of carbonyl (C=O) groups excluding carboxylic acids is 1. The van der Waals surface area contributed by atoms with Crippen LogP contribution >= 0.6 is 11.8 Å². The van der Waals surface area contributed by atoms with E-state index in [0.29, 0.717) is 13.0 Å². The maximum Gasteiger partial charge on any atom is 0.231 e. The van der Waals surface area contributed by atoms with Gasteiger partial charge in [-0.1, -0.05) is 18.7 Å². The number of aromatic amines is 1. The Morgan fingerprint density at radius 1 is 1.43 bits per heavy atom. The molecule has 0 fully saturated rings. The molecule has 1 atom stereocenters. The first kappa shape index (κ1) is 15.5. The molecular weight excluding hydrogens is 286 g/mol. The second kappa shape index (κ2) is 6.73. The number of anilines is 1. The minimum Gasteiger partial charge on any atom is -0.329 e. The van der Waals surface area contributed by atoms with Crippen molar-refractivity contribution < 1.29 is 4.79 Å². The molecule has 0 aliphatic carbocycles. The van der Waals surface area contributed by atoms with Crippen LogP contribution in [0.1, 0.15) is 20.3 Å². The van der Waals surface area contributed by atoms with Crippen LogP contribution in [0.3, 0.4) is 0 Å². The second-order valence-corrected chi connectivity index (χ2v) is 6.05.